The van der Waals surface area contributed by atoms with Gasteiger partial charge in [0.05, 0.1) is 0 Å². The number of carbonyl (C=O) groups is 1. The van der Waals surface area contributed by atoms with Crippen LogP contribution in [-0.2, 0) is 33.2 Å². The summed E-state index contributed by atoms with van der Waals surface area (Å²) in [5.74, 6) is -0.157. The second kappa shape index (κ2) is 33.3. The summed E-state index contributed by atoms with van der Waals surface area (Å²) in [7, 11) is 8.91. The van der Waals surface area contributed by atoms with E-state index in [0.717, 1.165) is 11.1 Å². The minimum atomic E-state index is -0.759. The van der Waals surface area contributed by atoms with Crippen LogP contribution in [0, 0.1) is 17.9 Å². The summed E-state index contributed by atoms with van der Waals surface area (Å²) in [6, 6.07) is 1.76. The van der Waals surface area contributed by atoms with Crippen LogP contribution in [0.25, 0.3) is 0 Å². The predicted octanol–water partition coefficient (Wildman–Crippen LogP) is -0.0965. The van der Waals surface area contributed by atoms with Gasteiger partial charge in [-0.3, -0.25) is 10.4 Å². The third-order valence-corrected chi connectivity index (χ3v) is 2.29. The first kappa shape index (κ1) is 43.5. The largest absolute Gasteiger partial charge is 2.00 e. The maximum Gasteiger partial charge on any atom is 2.00 e. The summed E-state index contributed by atoms with van der Waals surface area (Å²) in [6.45, 7) is 14.3. The molecule has 0 aromatic carbocycles. The molecule has 0 saturated carbocycles. The van der Waals surface area contributed by atoms with Crippen LogP contribution in [0.1, 0.15) is 34.6 Å². The summed E-state index contributed by atoms with van der Waals surface area (Å²) >= 11 is 0. The first-order chi connectivity index (χ1) is 13.0. The molecule has 30 heavy (non-hydrogen) atoms. The van der Waals surface area contributed by atoms with Gasteiger partial charge in [0.1, 0.15) is 6.07 Å². The van der Waals surface area contributed by atoms with E-state index in [9.17, 15) is 4.79 Å². The molecule has 0 saturated heterocycles. The molecule has 0 aliphatic rings. The molecule has 0 amide bonds. The topological polar surface area (TPSA) is 96.2 Å². The summed E-state index contributed by atoms with van der Waals surface area (Å²) in [4.78, 5) is 11.1. The molecule has 0 aromatic rings. The van der Waals surface area contributed by atoms with Gasteiger partial charge in [-0.2, -0.15) is 5.26 Å². The Bertz CT molecular complexity index is 437. The summed E-state index contributed by atoms with van der Waals surface area (Å²) in [5.41, 5.74) is 1.86. The Morgan fingerprint density at radius 1 is 0.867 bits per heavy atom. The molecule has 8 nitrogen and oxygen atoms in total. The van der Waals surface area contributed by atoms with E-state index in [4.69, 9.17) is 21.3 Å². The van der Waals surface area contributed by atoms with Gasteiger partial charge in [-0.15, -0.1) is 0 Å². The maximum atomic E-state index is 11.1. The molecule has 0 aromatic heterocycles. The van der Waals surface area contributed by atoms with Crippen LogP contribution < -0.4 is 17.0 Å². The van der Waals surface area contributed by atoms with Crippen LogP contribution in [0.2, 0.25) is 0 Å². The summed E-state index contributed by atoms with van der Waals surface area (Å²) in [6.07, 6.45) is -0.0348. The van der Waals surface area contributed by atoms with E-state index in [0.29, 0.717) is 0 Å². The van der Waals surface area contributed by atoms with Gasteiger partial charge in [0.2, 0.25) is 18.4 Å². The summed E-state index contributed by atoms with van der Waals surface area (Å²) < 4.78 is 27.8. The van der Waals surface area contributed by atoms with E-state index in [2.05, 4.69) is 18.9 Å². The molecule has 0 rings (SSSR count). The van der Waals surface area contributed by atoms with E-state index >= 15 is 0 Å². The molecule has 0 radical (unpaired) electrons. The Labute approximate surface area is 209 Å². The van der Waals surface area contributed by atoms with Crippen molar-refractivity contribution in [2.75, 3.05) is 42.7 Å². The van der Waals surface area contributed by atoms with Crippen molar-refractivity contribution in [3.63, 3.8) is 0 Å². The zero-order valence-electron chi connectivity index (χ0n) is 20.3. The average Bonchev–Trinajstić information content (AvgIpc) is 2.63. The molecule has 0 unspecified atom stereocenters. The van der Waals surface area contributed by atoms with Crippen molar-refractivity contribution in [3.05, 3.63) is 23.8 Å². The normalized spacial score (nSPS) is 8.57. The fraction of sp³-hybridized carbons (Fsp3) is 0.700. The monoisotopic (exact) mass is 507 g/mol. The predicted molar refractivity (Wildman–Crippen MR) is 114 cm³/mol. The summed E-state index contributed by atoms with van der Waals surface area (Å²) in [5, 5.41) is 8.03. The number of rotatable bonds is 8. The number of allylic oxidation sites excluding steroid dienone is 2. The third kappa shape index (κ3) is 41.9. The van der Waals surface area contributed by atoms with Gasteiger partial charge in [0.15, 0.2) is 6.29 Å². The van der Waals surface area contributed by atoms with E-state index in [-0.39, 0.29) is 52.1 Å². The zero-order valence-corrected chi connectivity index (χ0v) is 23.3. The molecular formula is C20H38BrMgNO7. The quantitative estimate of drug-likeness (QED) is 0.194. The number of halogens is 1. The van der Waals surface area contributed by atoms with Crippen molar-refractivity contribution < 1.29 is 50.2 Å². The van der Waals surface area contributed by atoms with Crippen molar-refractivity contribution >= 4 is 28.8 Å². The Kier molecular flexibility index (Phi) is 48.3. The van der Waals surface area contributed by atoms with Gasteiger partial charge in [-0.25, -0.2) is 0 Å². The van der Waals surface area contributed by atoms with Crippen molar-refractivity contribution in [3.8, 4) is 6.07 Å². The minimum Gasteiger partial charge on any atom is -1.00 e. The number of ketones is 1. The molecule has 174 valence electrons. The zero-order chi connectivity index (χ0) is 23.1. The van der Waals surface area contributed by atoms with Crippen LogP contribution >= 0.6 is 0 Å². The second-order valence-electron chi connectivity index (χ2n) is 5.48. The van der Waals surface area contributed by atoms with Gasteiger partial charge < -0.3 is 52.0 Å². The first-order valence-electron chi connectivity index (χ1n) is 8.31. The average molecular weight is 509 g/mol. The Morgan fingerprint density at radius 3 is 1.30 bits per heavy atom. The molecule has 0 atom stereocenters. The maximum absolute atomic E-state index is 11.1. The number of methoxy groups -OCH3 is 6. The molecule has 0 bridgehead atoms. The number of hydrogen-bond acceptors (Lipinski definition) is 8. The van der Waals surface area contributed by atoms with Crippen LogP contribution in [0.15, 0.2) is 17.2 Å². The van der Waals surface area contributed by atoms with Crippen molar-refractivity contribution in [1.82, 2.24) is 0 Å². The van der Waals surface area contributed by atoms with Crippen LogP contribution in [0.5, 0.6) is 0 Å². The van der Waals surface area contributed by atoms with E-state index < -0.39 is 12.6 Å². The Hall–Kier alpha value is -0.354. The van der Waals surface area contributed by atoms with Gasteiger partial charge in [0.25, 0.3) is 0 Å². The molecule has 0 N–H and O–H groups in total. The van der Waals surface area contributed by atoms with Crippen LogP contribution in [0.4, 0.5) is 0 Å². The number of hydrogen-bond donors (Lipinski definition) is 0. The van der Waals surface area contributed by atoms with Crippen LogP contribution in [-0.4, -0.2) is 90.4 Å². The molecule has 0 heterocycles. The van der Waals surface area contributed by atoms with E-state index in [1.165, 1.54) is 34.5 Å². The standard InChI is InChI=1S/C8H14O3.C4H7NO2.C4H10O2.C4H7.BrH.Mg/c1-6(2)5-7(9)8(10-3)11-4;1-6-4(3-5)7-2;1-4(5-2)6-3;1-4(2)3;;/h5,8H,1-4H3;4H,1-2H3;4H,1-3H3;1H,2-3H3;1H;/q;;;-1;;+2/p-1. The first-order valence-corrected chi connectivity index (χ1v) is 8.31. The Balaban J connectivity index is -0.0000000667. The molecule has 0 spiro atoms. The van der Waals surface area contributed by atoms with Gasteiger partial charge in [0, 0.05) is 42.7 Å². The minimum absolute atomic E-state index is 0. The molecule has 0 aliphatic carbocycles. The van der Waals surface area contributed by atoms with Gasteiger partial charge >= 0.3 is 23.1 Å². The smallest absolute Gasteiger partial charge is 1.00 e. The second-order valence-corrected chi connectivity index (χ2v) is 5.48. The number of nitriles is 1. The number of nitrogens with zero attached hydrogens (tertiary/aromatic N) is 1. The number of ether oxygens (including phenoxy) is 6. The van der Waals surface area contributed by atoms with Crippen LogP contribution in [0.3, 0.4) is 0 Å². The molecule has 10 heteroatoms. The molecule has 0 aliphatic heterocycles. The molecule has 0 fully saturated rings. The van der Waals surface area contributed by atoms with Crippen molar-refractivity contribution in [2.45, 2.75) is 53.5 Å². The third-order valence-electron chi connectivity index (χ3n) is 2.29. The van der Waals surface area contributed by atoms with Crippen molar-refractivity contribution in [1.29, 1.82) is 5.26 Å². The van der Waals surface area contributed by atoms with E-state index in [1.807, 2.05) is 34.6 Å². The van der Waals surface area contributed by atoms with E-state index in [1.54, 1.807) is 20.3 Å². The van der Waals surface area contributed by atoms with Gasteiger partial charge in [-0.1, -0.05) is 19.4 Å². The fourth-order valence-electron chi connectivity index (χ4n) is 0.979. The van der Waals surface area contributed by atoms with Crippen molar-refractivity contribution in [2.24, 2.45) is 0 Å². The fourth-order valence-corrected chi connectivity index (χ4v) is 0.979. The Morgan fingerprint density at radius 2 is 1.20 bits per heavy atom. The SMILES string of the molecule is COC(C#N)OC.COC(C)OC.COC(OC)C(=O)C=C(C)C.[Br-].[CH-]=C(C)C.[Mg+2]. The molecular weight excluding hydrogens is 470 g/mol. The van der Waals surface area contributed by atoms with Gasteiger partial charge in [-0.05, 0) is 26.8 Å². The number of carbonyl (C=O) groups excluding carboxylic acids is 1.